The van der Waals surface area contributed by atoms with E-state index in [2.05, 4.69) is 20.0 Å². The van der Waals surface area contributed by atoms with Gasteiger partial charge in [0.25, 0.3) is 11.5 Å². The van der Waals surface area contributed by atoms with E-state index in [9.17, 15) is 27.2 Å². The van der Waals surface area contributed by atoms with E-state index in [1.54, 1.807) is 0 Å². The Hall–Kier alpha value is -3.11. The summed E-state index contributed by atoms with van der Waals surface area (Å²) in [5, 5.41) is 2.75. The highest BCUT2D eigenvalue weighted by Crippen LogP contribution is 2.42. The first-order chi connectivity index (χ1) is 14.7. The number of nitrogens with one attached hydrogen (secondary N) is 2. The van der Waals surface area contributed by atoms with Crippen LogP contribution >= 0.6 is 0 Å². The number of alkyl halides is 3. The average Bonchev–Trinajstić information content (AvgIpc) is 3.38. The number of hydrogen-bond donors (Lipinski definition) is 2. The summed E-state index contributed by atoms with van der Waals surface area (Å²) < 4.78 is 54.9. The third-order valence-electron chi connectivity index (χ3n) is 5.29. The average molecular weight is 440 g/mol. The fourth-order valence-corrected chi connectivity index (χ4v) is 3.68. The van der Waals surface area contributed by atoms with Gasteiger partial charge in [0.05, 0.1) is 6.04 Å². The van der Waals surface area contributed by atoms with Crippen LogP contribution in [-0.4, -0.2) is 35.3 Å². The molecule has 1 aliphatic heterocycles. The molecule has 4 rings (SSSR count). The number of ether oxygens (including phenoxy) is 1. The number of nitrogens with zero attached hydrogens (tertiary/aromatic N) is 2. The molecule has 1 aromatic heterocycles. The molecule has 1 saturated heterocycles. The van der Waals surface area contributed by atoms with E-state index < -0.39 is 35.4 Å². The summed E-state index contributed by atoms with van der Waals surface area (Å²) in [6.45, 7) is 1.45. The van der Waals surface area contributed by atoms with E-state index >= 15 is 0 Å². The van der Waals surface area contributed by atoms with Crippen molar-refractivity contribution in [3.63, 3.8) is 0 Å². The number of halogens is 4. The molecule has 1 amide bonds. The van der Waals surface area contributed by atoms with Gasteiger partial charge >= 0.3 is 6.36 Å². The molecular formula is C20H20F4N4O3. The van der Waals surface area contributed by atoms with E-state index in [4.69, 9.17) is 0 Å². The minimum atomic E-state index is -5.01. The third kappa shape index (κ3) is 5.15. The minimum Gasteiger partial charge on any atom is -0.403 e. The molecule has 0 radical (unpaired) electrons. The van der Waals surface area contributed by atoms with Crippen molar-refractivity contribution < 1.29 is 27.1 Å². The molecule has 31 heavy (non-hydrogen) atoms. The van der Waals surface area contributed by atoms with Gasteiger partial charge in [0.15, 0.2) is 11.6 Å². The first-order valence-corrected chi connectivity index (χ1v) is 9.92. The van der Waals surface area contributed by atoms with Crippen LogP contribution in [0.25, 0.3) is 0 Å². The molecule has 2 aromatic rings. The van der Waals surface area contributed by atoms with Crippen molar-refractivity contribution in [1.29, 1.82) is 0 Å². The van der Waals surface area contributed by atoms with Crippen molar-refractivity contribution in [3.05, 3.63) is 51.7 Å². The van der Waals surface area contributed by atoms with Gasteiger partial charge in [-0.15, -0.1) is 13.2 Å². The molecule has 0 bridgehead atoms. The van der Waals surface area contributed by atoms with Crippen LogP contribution in [0.1, 0.15) is 47.8 Å². The standard InChI is InChI=1S/C20H20F4N4O3/c21-13-9-12(5-6-15(13)31-20(22,23)24)17(11-3-4-11)27-18(30)14-10-16(29)26-19(25-14)28-7-1-2-8-28/h5-6,9-11,17H,1-4,7-8H2,(H,27,30)(H,25,26,29)/t17-/m1/s1. The maximum absolute atomic E-state index is 14.2. The number of H-pyrrole nitrogens is 1. The lowest BCUT2D eigenvalue weighted by Crippen LogP contribution is -2.33. The van der Waals surface area contributed by atoms with Gasteiger partial charge in [0.2, 0.25) is 5.95 Å². The van der Waals surface area contributed by atoms with Crippen LogP contribution in [0.3, 0.4) is 0 Å². The summed E-state index contributed by atoms with van der Waals surface area (Å²) in [7, 11) is 0. The summed E-state index contributed by atoms with van der Waals surface area (Å²) in [4.78, 5) is 33.6. The second-order valence-electron chi connectivity index (χ2n) is 7.67. The molecule has 2 N–H and O–H groups in total. The van der Waals surface area contributed by atoms with E-state index in [1.165, 1.54) is 6.07 Å². The number of carbonyl (C=O) groups excluding carboxylic acids is 1. The predicted octanol–water partition coefficient (Wildman–Crippen LogP) is 3.29. The molecular weight excluding hydrogens is 420 g/mol. The van der Waals surface area contributed by atoms with Crippen molar-refractivity contribution in [1.82, 2.24) is 15.3 Å². The number of aromatic nitrogens is 2. The summed E-state index contributed by atoms with van der Waals surface area (Å²) in [6.07, 6.45) is -1.54. The summed E-state index contributed by atoms with van der Waals surface area (Å²) in [6, 6.07) is 3.55. The Morgan fingerprint density at radius 3 is 2.55 bits per heavy atom. The summed E-state index contributed by atoms with van der Waals surface area (Å²) in [5.74, 6) is -2.40. The molecule has 2 heterocycles. The Bertz CT molecular complexity index is 1030. The molecule has 166 valence electrons. The maximum atomic E-state index is 14.2. The molecule has 2 fully saturated rings. The number of hydrogen-bond acceptors (Lipinski definition) is 5. The lowest BCUT2D eigenvalue weighted by Gasteiger charge is -2.20. The van der Waals surface area contributed by atoms with Crippen LogP contribution in [0, 0.1) is 11.7 Å². The quantitative estimate of drug-likeness (QED) is 0.674. The minimum absolute atomic E-state index is 0.0118. The Morgan fingerprint density at radius 1 is 1.23 bits per heavy atom. The molecule has 1 aromatic carbocycles. The van der Waals surface area contributed by atoms with E-state index in [0.29, 0.717) is 11.5 Å². The third-order valence-corrected chi connectivity index (χ3v) is 5.29. The largest absolute Gasteiger partial charge is 0.573 e. The van der Waals surface area contributed by atoms with Crippen molar-refractivity contribution in [2.45, 2.75) is 38.1 Å². The highest BCUT2D eigenvalue weighted by molar-refractivity contribution is 5.92. The van der Waals surface area contributed by atoms with Crippen LogP contribution in [0.2, 0.25) is 0 Å². The van der Waals surface area contributed by atoms with Crippen molar-refractivity contribution in [2.75, 3.05) is 18.0 Å². The van der Waals surface area contributed by atoms with Crippen LogP contribution in [0.5, 0.6) is 5.75 Å². The monoisotopic (exact) mass is 440 g/mol. The van der Waals surface area contributed by atoms with Gasteiger partial charge in [-0.2, -0.15) is 0 Å². The number of anilines is 1. The fourth-order valence-electron chi connectivity index (χ4n) is 3.68. The molecule has 7 nitrogen and oxygen atoms in total. The molecule has 1 saturated carbocycles. The van der Waals surface area contributed by atoms with Gasteiger partial charge in [-0.25, -0.2) is 9.37 Å². The molecule has 0 unspecified atom stereocenters. The molecule has 11 heteroatoms. The number of aromatic amines is 1. The summed E-state index contributed by atoms with van der Waals surface area (Å²) in [5.41, 5.74) is -0.231. The predicted molar refractivity (Wildman–Crippen MR) is 102 cm³/mol. The van der Waals surface area contributed by atoms with Crippen LogP contribution < -0.4 is 20.5 Å². The van der Waals surface area contributed by atoms with Gasteiger partial charge < -0.3 is 15.0 Å². The van der Waals surface area contributed by atoms with Crippen LogP contribution in [-0.2, 0) is 0 Å². The first-order valence-electron chi connectivity index (χ1n) is 9.92. The molecule has 2 aliphatic rings. The zero-order chi connectivity index (χ0) is 22.2. The Kier molecular flexibility index (Phi) is 5.59. The number of rotatable bonds is 6. The highest BCUT2D eigenvalue weighted by atomic mass is 19.4. The van der Waals surface area contributed by atoms with E-state index in [1.807, 2.05) is 4.90 Å². The van der Waals surface area contributed by atoms with Gasteiger partial charge in [0.1, 0.15) is 5.69 Å². The smallest absolute Gasteiger partial charge is 0.403 e. The lowest BCUT2D eigenvalue weighted by molar-refractivity contribution is -0.275. The van der Waals surface area contributed by atoms with Gasteiger partial charge in [-0.3, -0.25) is 14.6 Å². The topological polar surface area (TPSA) is 87.3 Å². The second-order valence-corrected chi connectivity index (χ2v) is 7.67. The zero-order valence-corrected chi connectivity index (χ0v) is 16.3. The van der Waals surface area contributed by atoms with Crippen molar-refractivity contribution in [2.24, 2.45) is 5.92 Å². The SMILES string of the molecule is O=C(N[C@@H](c1ccc(OC(F)(F)F)c(F)c1)C1CC1)c1cc(=O)[nH]c(N2CCCC2)n1. The second kappa shape index (κ2) is 8.20. The Labute approximate surface area is 174 Å². The van der Waals surface area contributed by atoms with Crippen LogP contribution in [0.4, 0.5) is 23.5 Å². The number of benzene rings is 1. The number of carbonyl (C=O) groups is 1. The lowest BCUT2D eigenvalue weighted by atomic mass is 10.0. The van der Waals surface area contributed by atoms with E-state index in [0.717, 1.165) is 57.0 Å². The van der Waals surface area contributed by atoms with Crippen molar-refractivity contribution >= 4 is 11.9 Å². The number of amides is 1. The molecule has 1 aliphatic carbocycles. The zero-order valence-electron chi connectivity index (χ0n) is 16.3. The highest BCUT2D eigenvalue weighted by Gasteiger charge is 2.36. The van der Waals surface area contributed by atoms with Gasteiger partial charge in [-0.05, 0) is 49.3 Å². The normalized spacial score (nSPS) is 17.5. The Balaban J connectivity index is 1.55. The van der Waals surface area contributed by atoms with E-state index in [-0.39, 0.29) is 11.6 Å². The van der Waals surface area contributed by atoms with Crippen LogP contribution in [0.15, 0.2) is 29.1 Å². The first kappa shape index (κ1) is 21.1. The van der Waals surface area contributed by atoms with Gasteiger partial charge in [0, 0.05) is 19.2 Å². The maximum Gasteiger partial charge on any atom is 0.573 e. The molecule has 1 atom stereocenters. The Morgan fingerprint density at radius 2 is 1.94 bits per heavy atom. The van der Waals surface area contributed by atoms with Crippen molar-refractivity contribution in [3.8, 4) is 5.75 Å². The fraction of sp³-hybridized carbons (Fsp3) is 0.450. The van der Waals surface area contributed by atoms with Gasteiger partial charge in [-0.1, -0.05) is 6.07 Å². The molecule has 0 spiro atoms. The summed E-state index contributed by atoms with van der Waals surface area (Å²) >= 11 is 0.